The molecule has 0 atom stereocenters. The number of carbonyl (C=O) groups excluding carboxylic acids is 1. The molecule has 1 N–H and O–H groups in total. The zero-order valence-corrected chi connectivity index (χ0v) is 20.6. The molecule has 1 aromatic heterocycles. The molecule has 0 saturated carbocycles. The number of aromatic nitrogens is 1. The fourth-order valence-corrected chi connectivity index (χ4v) is 4.46. The lowest BCUT2D eigenvalue weighted by Crippen LogP contribution is -2.15. The Morgan fingerprint density at radius 2 is 1.81 bits per heavy atom. The van der Waals surface area contributed by atoms with E-state index in [1.165, 1.54) is 12.1 Å². The summed E-state index contributed by atoms with van der Waals surface area (Å²) in [6.45, 7) is 1.75. The predicted octanol–water partition coefficient (Wildman–Crippen LogP) is 6.89. The number of nitrogens with zero attached hydrogens (tertiary/aromatic N) is 3. The first-order chi connectivity index (χ1) is 17.4. The van der Waals surface area contributed by atoms with E-state index < -0.39 is 4.92 Å². The number of non-ortho nitro benzene ring substituents is 1. The largest absolute Gasteiger partial charge is 0.325 e. The Hall–Kier alpha value is -4.19. The molecule has 4 rings (SSSR count). The van der Waals surface area contributed by atoms with E-state index in [4.69, 9.17) is 16.6 Å². The molecule has 0 fully saturated rings. The fourth-order valence-electron chi connectivity index (χ4n) is 3.53. The lowest BCUT2D eigenvalue weighted by Gasteiger charge is -2.13. The second kappa shape index (κ2) is 11.0. The van der Waals surface area contributed by atoms with Gasteiger partial charge in [0.05, 0.1) is 27.6 Å². The van der Waals surface area contributed by atoms with E-state index in [2.05, 4.69) is 11.4 Å². The van der Waals surface area contributed by atoms with Crippen LogP contribution >= 0.6 is 23.4 Å². The number of hydrogen-bond acceptors (Lipinski definition) is 6. The zero-order chi connectivity index (χ0) is 25.7. The normalized spacial score (nSPS) is 10.5. The van der Waals surface area contributed by atoms with Crippen molar-refractivity contribution in [1.82, 2.24) is 4.98 Å². The highest BCUT2D eigenvalue weighted by Crippen LogP contribution is 2.34. The van der Waals surface area contributed by atoms with Crippen LogP contribution in [0.25, 0.3) is 22.4 Å². The Morgan fingerprint density at radius 1 is 1.08 bits per heavy atom. The van der Waals surface area contributed by atoms with E-state index in [0.29, 0.717) is 38.1 Å². The lowest BCUT2D eigenvalue weighted by atomic mass is 9.99. The Bertz CT molecular complexity index is 1490. The van der Waals surface area contributed by atoms with Crippen LogP contribution in [0.15, 0.2) is 83.9 Å². The maximum Gasteiger partial charge on any atom is 0.271 e. The van der Waals surface area contributed by atoms with Crippen molar-refractivity contribution in [3.8, 4) is 28.5 Å². The highest BCUT2D eigenvalue weighted by Gasteiger charge is 2.18. The minimum atomic E-state index is -0.514. The summed E-state index contributed by atoms with van der Waals surface area (Å²) in [5, 5.41) is 24.8. The van der Waals surface area contributed by atoms with E-state index in [1.54, 1.807) is 25.1 Å². The van der Waals surface area contributed by atoms with E-state index >= 15 is 0 Å². The molecule has 1 amide bonds. The Morgan fingerprint density at radius 3 is 2.47 bits per heavy atom. The summed E-state index contributed by atoms with van der Waals surface area (Å²) < 4.78 is 0. The van der Waals surface area contributed by atoms with Crippen LogP contribution in [-0.4, -0.2) is 21.6 Å². The molecule has 0 bridgehead atoms. The average Bonchev–Trinajstić information content (AvgIpc) is 2.89. The topological polar surface area (TPSA) is 109 Å². The van der Waals surface area contributed by atoms with Crippen molar-refractivity contribution < 1.29 is 9.72 Å². The Kier molecular flexibility index (Phi) is 7.64. The van der Waals surface area contributed by atoms with E-state index in [1.807, 2.05) is 48.5 Å². The van der Waals surface area contributed by atoms with Gasteiger partial charge < -0.3 is 5.32 Å². The van der Waals surface area contributed by atoms with Gasteiger partial charge in [0.2, 0.25) is 5.91 Å². The smallest absolute Gasteiger partial charge is 0.271 e. The SMILES string of the molecule is Cc1ccc([N+](=O)[O-])cc1NC(=O)CSc1nc(-c2ccc(Cl)cc2)cc(-c2ccccc2)c1C#N. The van der Waals surface area contributed by atoms with Crippen molar-refractivity contribution >= 4 is 40.6 Å². The molecular weight excluding hydrogens is 496 g/mol. The first kappa shape index (κ1) is 24.9. The number of halogens is 1. The molecule has 3 aromatic carbocycles. The number of nitro benzene ring substituents is 1. The molecule has 0 spiro atoms. The Labute approximate surface area is 216 Å². The summed E-state index contributed by atoms with van der Waals surface area (Å²) in [5.74, 6) is -0.408. The molecule has 36 heavy (non-hydrogen) atoms. The molecule has 4 aromatic rings. The number of carbonyl (C=O) groups is 1. The maximum absolute atomic E-state index is 12.7. The van der Waals surface area contributed by atoms with Crippen LogP contribution in [0.3, 0.4) is 0 Å². The highest BCUT2D eigenvalue weighted by molar-refractivity contribution is 8.00. The number of hydrogen-bond donors (Lipinski definition) is 1. The number of nitrogens with one attached hydrogen (secondary N) is 1. The number of pyridine rings is 1. The Balaban J connectivity index is 1.66. The molecule has 0 aliphatic heterocycles. The number of thioether (sulfide) groups is 1. The van der Waals surface area contributed by atoms with Crippen molar-refractivity contribution in [3.63, 3.8) is 0 Å². The number of amides is 1. The van der Waals surface area contributed by atoms with Gasteiger partial charge in [-0.15, -0.1) is 0 Å². The number of nitro groups is 1. The third-order valence-electron chi connectivity index (χ3n) is 5.37. The molecule has 1 heterocycles. The van der Waals surface area contributed by atoms with Gasteiger partial charge in [-0.25, -0.2) is 4.98 Å². The summed E-state index contributed by atoms with van der Waals surface area (Å²) in [6.07, 6.45) is 0. The van der Waals surface area contributed by atoms with Gasteiger partial charge in [0.1, 0.15) is 11.1 Å². The number of rotatable bonds is 7. The van der Waals surface area contributed by atoms with E-state index in [9.17, 15) is 20.2 Å². The molecule has 9 heteroatoms. The number of anilines is 1. The van der Waals surface area contributed by atoms with Gasteiger partial charge >= 0.3 is 0 Å². The first-order valence-electron chi connectivity index (χ1n) is 10.8. The zero-order valence-electron chi connectivity index (χ0n) is 19.1. The van der Waals surface area contributed by atoms with Crippen molar-refractivity contribution in [2.24, 2.45) is 0 Å². The monoisotopic (exact) mass is 514 g/mol. The van der Waals surface area contributed by atoms with Crippen LogP contribution in [0, 0.1) is 28.4 Å². The predicted molar refractivity (Wildman–Crippen MR) is 142 cm³/mol. The van der Waals surface area contributed by atoms with Gasteiger partial charge in [0.25, 0.3) is 5.69 Å². The van der Waals surface area contributed by atoms with E-state index in [-0.39, 0.29) is 17.3 Å². The average molecular weight is 515 g/mol. The molecule has 0 radical (unpaired) electrons. The van der Waals surface area contributed by atoms with Crippen molar-refractivity contribution in [1.29, 1.82) is 5.26 Å². The number of nitriles is 1. The van der Waals surface area contributed by atoms with Gasteiger partial charge in [-0.05, 0) is 36.2 Å². The summed E-state index contributed by atoms with van der Waals surface area (Å²) in [5.41, 5.74) is 4.33. The lowest BCUT2D eigenvalue weighted by molar-refractivity contribution is -0.384. The minimum absolute atomic E-state index is 0.0396. The number of aryl methyl sites for hydroxylation is 1. The summed E-state index contributed by atoms with van der Waals surface area (Å²) in [6, 6.07) is 25.1. The minimum Gasteiger partial charge on any atom is -0.325 e. The van der Waals surface area contributed by atoms with Gasteiger partial charge in [-0.3, -0.25) is 14.9 Å². The molecule has 178 valence electrons. The molecule has 0 saturated heterocycles. The first-order valence-corrected chi connectivity index (χ1v) is 12.2. The van der Waals surface area contributed by atoms with Gasteiger partial charge in [0, 0.05) is 28.3 Å². The fraction of sp³-hybridized carbons (Fsp3) is 0.0741. The standard InChI is InChI=1S/C27H19ClN4O3S/c1-17-7-12-21(32(34)35)13-24(17)30-26(33)16-36-27-23(15-29)22(18-5-3-2-4-6-18)14-25(31-27)19-8-10-20(28)11-9-19/h2-14H,16H2,1H3,(H,30,33). The van der Waals surface area contributed by atoms with Crippen molar-refractivity contribution in [2.45, 2.75) is 11.9 Å². The molecule has 0 unspecified atom stereocenters. The van der Waals surface area contributed by atoms with Crippen molar-refractivity contribution in [3.05, 3.63) is 105 Å². The van der Waals surface area contributed by atoms with Gasteiger partial charge in [-0.2, -0.15) is 5.26 Å². The van der Waals surface area contributed by atoms with Crippen LogP contribution in [-0.2, 0) is 4.79 Å². The van der Waals surface area contributed by atoms with Crippen LogP contribution in [0.2, 0.25) is 5.02 Å². The summed E-state index contributed by atoms with van der Waals surface area (Å²) in [4.78, 5) is 28.0. The van der Waals surface area contributed by atoms with Crippen LogP contribution in [0.4, 0.5) is 11.4 Å². The van der Waals surface area contributed by atoms with Gasteiger partial charge in [0.15, 0.2) is 0 Å². The number of benzene rings is 3. The van der Waals surface area contributed by atoms with Gasteiger partial charge in [-0.1, -0.05) is 71.9 Å². The molecular formula is C27H19ClN4O3S. The van der Waals surface area contributed by atoms with Crippen LogP contribution in [0.5, 0.6) is 0 Å². The summed E-state index contributed by atoms with van der Waals surface area (Å²) in [7, 11) is 0. The second-order valence-electron chi connectivity index (χ2n) is 7.81. The van der Waals surface area contributed by atoms with Crippen LogP contribution in [0.1, 0.15) is 11.1 Å². The molecule has 0 aliphatic carbocycles. The molecule has 0 aliphatic rings. The maximum atomic E-state index is 12.7. The van der Waals surface area contributed by atoms with Crippen LogP contribution < -0.4 is 5.32 Å². The van der Waals surface area contributed by atoms with Crippen molar-refractivity contribution in [2.75, 3.05) is 11.1 Å². The molecule has 7 nitrogen and oxygen atoms in total. The second-order valence-corrected chi connectivity index (χ2v) is 9.21. The van der Waals surface area contributed by atoms with E-state index in [0.717, 1.165) is 22.9 Å². The highest BCUT2D eigenvalue weighted by atomic mass is 35.5. The third kappa shape index (κ3) is 5.71. The quantitative estimate of drug-likeness (QED) is 0.163. The third-order valence-corrected chi connectivity index (χ3v) is 6.60. The summed E-state index contributed by atoms with van der Waals surface area (Å²) >= 11 is 7.18.